The average molecular weight is 459 g/mol. The Labute approximate surface area is 187 Å². The van der Waals surface area contributed by atoms with Gasteiger partial charge in [-0.3, -0.25) is 14.5 Å². The number of aromatic nitrogens is 1. The van der Waals surface area contributed by atoms with Crippen molar-refractivity contribution in [3.05, 3.63) is 82.9 Å². The van der Waals surface area contributed by atoms with Crippen LogP contribution in [0.4, 0.5) is 24.0 Å². The molecule has 3 aromatic rings. The van der Waals surface area contributed by atoms with Gasteiger partial charge in [-0.1, -0.05) is 30.3 Å². The Balaban J connectivity index is 1.54. The summed E-state index contributed by atoms with van der Waals surface area (Å²) in [4.78, 5) is 30.0. The van der Waals surface area contributed by atoms with Crippen LogP contribution < -0.4 is 10.2 Å². The van der Waals surface area contributed by atoms with Gasteiger partial charge in [0.25, 0.3) is 0 Å². The molecule has 5 nitrogen and oxygen atoms in total. The fraction of sp³-hybridized carbons (Fsp3) is 0.174. The molecule has 0 saturated carbocycles. The third-order valence-corrected chi connectivity index (χ3v) is 5.27. The molecule has 166 valence electrons. The van der Waals surface area contributed by atoms with E-state index in [2.05, 4.69) is 10.3 Å². The number of para-hydroxylation sites is 1. The van der Waals surface area contributed by atoms with E-state index in [4.69, 9.17) is 0 Å². The van der Waals surface area contributed by atoms with Gasteiger partial charge in [0.2, 0.25) is 11.8 Å². The molecule has 0 bridgehead atoms. The van der Waals surface area contributed by atoms with Crippen molar-refractivity contribution in [2.45, 2.75) is 19.5 Å². The number of hydrogen-bond donors (Lipinski definition) is 1. The minimum absolute atomic E-state index is 0.179. The second-order valence-electron chi connectivity index (χ2n) is 6.81. The zero-order valence-corrected chi connectivity index (χ0v) is 17.9. The molecule has 0 unspecified atom stereocenters. The van der Waals surface area contributed by atoms with E-state index < -0.39 is 11.7 Å². The highest BCUT2D eigenvalue weighted by Crippen LogP contribution is 2.30. The first-order valence-electron chi connectivity index (χ1n) is 9.67. The first-order chi connectivity index (χ1) is 15.2. The molecule has 0 aliphatic rings. The van der Waals surface area contributed by atoms with E-state index in [9.17, 15) is 22.8 Å². The highest BCUT2D eigenvalue weighted by atomic mass is 32.1. The maximum absolute atomic E-state index is 12.6. The topological polar surface area (TPSA) is 62.3 Å². The number of thiazole rings is 1. The summed E-state index contributed by atoms with van der Waals surface area (Å²) in [6.07, 6.45) is -1.10. The molecule has 0 spiro atoms. The SMILES string of the molecule is CC(=O)N(c1ccccc1)c1nc(C=CC(=O)NCCc2ccc(C(F)(F)F)cc2)cs1. The van der Waals surface area contributed by atoms with Gasteiger partial charge in [0.05, 0.1) is 16.9 Å². The van der Waals surface area contributed by atoms with Crippen LogP contribution in [0.25, 0.3) is 6.08 Å². The molecule has 2 aromatic carbocycles. The smallest absolute Gasteiger partial charge is 0.352 e. The second-order valence-corrected chi connectivity index (χ2v) is 7.65. The van der Waals surface area contributed by atoms with Crippen molar-refractivity contribution in [1.29, 1.82) is 0 Å². The zero-order valence-electron chi connectivity index (χ0n) is 17.1. The summed E-state index contributed by atoms with van der Waals surface area (Å²) in [7, 11) is 0. The minimum atomic E-state index is -4.37. The summed E-state index contributed by atoms with van der Waals surface area (Å²) < 4.78 is 37.8. The zero-order chi connectivity index (χ0) is 23.1. The van der Waals surface area contributed by atoms with Crippen LogP contribution in [0.15, 0.2) is 66.1 Å². The minimum Gasteiger partial charge on any atom is -0.352 e. The van der Waals surface area contributed by atoms with Gasteiger partial charge in [0, 0.05) is 24.9 Å². The van der Waals surface area contributed by atoms with E-state index in [-0.39, 0.29) is 18.4 Å². The molecule has 1 aromatic heterocycles. The number of benzene rings is 2. The van der Waals surface area contributed by atoms with Crippen molar-refractivity contribution in [1.82, 2.24) is 10.3 Å². The largest absolute Gasteiger partial charge is 0.416 e. The Kier molecular flexibility index (Phi) is 7.42. The van der Waals surface area contributed by atoms with Crippen molar-refractivity contribution in [2.24, 2.45) is 0 Å². The molecule has 0 radical (unpaired) electrons. The molecule has 0 saturated heterocycles. The van der Waals surface area contributed by atoms with Crippen LogP contribution in [0.1, 0.15) is 23.7 Å². The third-order valence-electron chi connectivity index (χ3n) is 4.43. The number of carbonyl (C=O) groups excluding carboxylic acids is 2. The first-order valence-corrected chi connectivity index (χ1v) is 10.6. The number of amides is 2. The van der Waals surface area contributed by atoms with Crippen molar-refractivity contribution in [3.63, 3.8) is 0 Å². The Morgan fingerprint density at radius 3 is 2.41 bits per heavy atom. The molecule has 0 atom stereocenters. The lowest BCUT2D eigenvalue weighted by Gasteiger charge is -2.17. The number of hydrogen-bond acceptors (Lipinski definition) is 4. The van der Waals surface area contributed by atoms with Crippen molar-refractivity contribution < 1.29 is 22.8 Å². The summed E-state index contributed by atoms with van der Waals surface area (Å²) in [6.45, 7) is 1.73. The van der Waals surface area contributed by atoms with E-state index in [1.165, 1.54) is 47.4 Å². The van der Waals surface area contributed by atoms with Crippen LogP contribution in [0.3, 0.4) is 0 Å². The number of carbonyl (C=O) groups is 2. The second kappa shape index (κ2) is 10.2. The normalized spacial score (nSPS) is 11.5. The maximum Gasteiger partial charge on any atom is 0.416 e. The fourth-order valence-corrected chi connectivity index (χ4v) is 3.72. The Morgan fingerprint density at radius 2 is 1.78 bits per heavy atom. The van der Waals surface area contributed by atoms with Gasteiger partial charge in [-0.15, -0.1) is 11.3 Å². The monoisotopic (exact) mass is 459 g/mol. The van der Waals surface area contributed by atoms with Crippen LogP contribution in [0.2, 0.25) is 0 Å². The van der Waals surface area contributed by atoms with E-state index in [0.717, 1.165) is 12.1 Å². The number of halogens is 3. The van der Waals surface area contributed by atoms with E-state index in [1.54, 1.807) is 5.38 Å². The number of nitrogens with zero attached hydrogens (tertiary/aromatic N) is 2. The summed E-state index contributed by atoms with van der Waals surface area (Å²) in [6, 6.07) is 14.0. The Morgan fingerprint density at radius 1 is 1.09 bits per heavy atom. The molecule has 1 N–H and O–H groups in total. The van der Waals surface area contributed by atoms with E-state index in [0.29, 0.717) is 28.5 Å². The van der Waals surface area contributed by atoms with Gasteiger partial charge >= 0.3 is 6.18 Å². The molecule has 0 aliphatic carbocycles. The van der Waals surface area contributed by atoms with Gasteiger partial charge in [0.15, 0.2) is 5.13 Å². The molecular weight excluding hydrogens is 439 g/mol. The predicted octanol–water partition coefficient (Wildman–Crippen LogP) is 5.22. The Hall–Kier alpha value is -3.46. The van der Waals surface area contributed by atoms with Crippen molar-refractivity contribution >= 4 is 40.0 Å². The van der Waals surface area contributed by atoms with Crippen LogP contribution in [-0.4, -0.2) is 23.3 Å². The molecule has 0 aliphatic heterocycles. The number of alkyl halides is 3. The molecule has 3 rings (SSSR count). The standard InChI is InChI=1S/C23H20F3N3O2S/c1-16(30)29(20-5-3-2-4-6-20)22-28-19(15-32-22)11-12-21(31)27-14-13-17-7-9-18(10-8-17)23(24,25)26/h2-12,15H,13-14H2,1H3,(H,27,31). The summed E-state index contributed by atoms with van der Waals surface area (Å²) >= 11 is 1.28. The van der Waals surface area contributed by atoms with Crippen LogP contribution >= 0.6 is 11.3 Å². The van der Waals surface area contributed by atoms with Crippen LogP contribution in [-0.2, 0) is 22.2 Å². The molecule has 9 heteroatoms. The van der Waals surface area contributed by atoms with Gasteiger partial charge in [-0.2, -0.15) is 13.2 Å². The van der Waals surface area contributed by atoms with Gasteiger partial charge in [-0.25, -0.2) is 4.98 Å². The fourth-order valence-electron chi connectivity index (χ4n) is 2.87. The first kappa shape index (κ1) is 23.2. The van der Waals surface area contributed by atoms with Gasteiger partial charge < -0.3 is 5.32 Å². The number of anilines is 2. The molecule has 1 heterocycles. The van der Waals surface area contributed by atoms with Crippen LogP contribution in [0.5, 0.6) is 0 Å². The highest BCUT2D eigenvalue weighted by molar-refractivity contribution is 7.14. The number of nitrogens with one attached hydrogen (secondary N) is 1. The number of rotatable bonds is 7. The molecule has 2 amide bonds. The summed E-state index contributed by atoms with van der Waals surface area (Å²) in [5.41, 5.74) is 1.22. The quantitative estimate of drug-likeness (QED) is 0.493. The summed E-state index contributed by atoms with van der Waals surface area (Å²) in [5.74, 6) is -0.528. The van der Waals surface area contributed by atoms with Crippen molar-refractivity contribution in [3.8, 4) is 0 Å². The average Bonchev–Trinajstić information content (AvgIpc) is 3.21. The molecule has 0 fully saturated rings. The maximum atomic E-state index is 12.6. The van der Waals surface area contributed by atoms with Gasteiger partial charge in [-0.05, 0) is 42.3 Å². The lowest BCUT2D eigenvalue weighted by molar-refractivity contribution is -0.137. The lowest BCUT2D eigenvalue weighted by Crippen LogP contribution is -2.23. The van der Waals surface area contributed by atoms with Gasteiger partial charge in [0.1, 0.15) is 0 Å². The summed E-state index contributed by atoms with van der Waals surface area (Å²) in [5, 5.41) is 4.91. The molecular formula is C23H20F3N3O2S. The molecule has 32 heavy (non-hydrogen) atoms. The Bertz CT molecular complexity index is 1090. The lowest BCUT2D eigenvalue weighted by atomic mass is 10.1. The van der Waals surface area contributed by atoms with Crippen molar-refractivity contribution in [2.75, 3.05) is 11.4 Å². The predicted molar refractivity (Wildman–Crippen MR) is 119 cm³/mol. The third kappa shape index (κ3) is 6.27. The van der Waals surface area contributed by atoms with E-state index in [1.807, 2.05) is 30.3 Å². The van der Waals surface area contributed by atoms with E-state index >= 15 is 0 Å². The van der Waals surface area contributed by atoms with Crippen LogP contribution in [0, 0.1) is 0 Å². The highest BCUT2D eigenvalue weighted by Gasteiger charge is 2.29.